The van der Waals surface area contributed by atoms with Gasteiger partial charge in [0.05, 0.1) is 13.0 Å². The van der Waals surface area contributed by atoms with Gasteiger partial charge in [-0.25, -0.2) is 0 Å². The molecule has 0 atom stereocenters. The fraction of sp³-hybridized carbons (Fsp3) is 0.417. The van der Waals surface area contributed by atoms with Crippen LogP contribution in [0.5, 0.6) is 0 Å². The van der Waals surface area contributed by atoms with Crippen LogP contribution in [0.3, 0.4) is 0 Å². The highest BCUT2D eigenvalue weighted by Crippen LogP contribution is 2.48. The number of rotatable bonds is 6. The van der Waals surface area contributed by atoms with Crippen molar-refractivity contribution in [2.75, 3.05) is 6.61 Å². The largest absolute Gasteiger partial charge is 0.466 e. The molecule has 2 nitrogen and oxygen atoms in total. The molecular formula is C12H12F4O2S. The molecule has 1 rings (SSSR count). The van der Waals surface area contributed by atoms with E-state index < -0.39 is 30.2 Å². The van der Waals surface area contributed by atoms with E-state index in [0.29, 0.717) is 0 Å². The number of alkyl halides is 4. The molecule has 1 aromatic rings. The highest BCUT2D eigenvalue weighted by atomic mass is 32.2. The van der Waals surface area contributed by atoms with Crippen molar-refractivity contribution in [3.05, 3.63) is 30.3 Å². The van der Waals surface area contributed by atoms with Gasteiger partial charge in [-0.15, -0.1) is 0 Å². The predicted octanol–water partition coefficient (Wildman–Crippen LogP) is 3.96. The second kappa shape index (κ2) is 6.27. The van der Waals surface area contributed by atoms with Crippen LogP contribution >= 0.6 is 11.8 Å². The van der Waals surface area contributed by atoms with Crippen LogP contribution in [-0.2, 0) is 9.53 Å². The van der Waals surface area contributed by atoms with Crippen molar-refractivity contribution in [3.8, 4) is 0 Å². The molecule has 0 heterocycles. The highest BCUT2D eigenvalue weighted by molar-refractivity contribution is 8.00. The average Bonchev–Trinajstić information content (AvgIpc) is 2.28. The summed E-state index contributed by atoms with van der Waals surface area (Å²) in [6.45, 7) is 0.280. The molecule has 19 heavy (non-hydrogen) atoms. The number of carbonyl (C=O) groups is 1. The molecule has 0 fully saturated rings. The summed E-state index contributed by atoms with van der Waals surface area (Å²) in [6, 6.07) is 7.20. The second-order valence-corrected chi connectivity index (χ2v) is 4.91. The van der Waals surface area contributed by atoms with Crippen molar-refractivity contribution in [3.63, 3.8) is 0 Å². The van der Waals surface area contributed by atoms with Crippen molar-refractivity contribution < 1.29 is 27.1 Å². The molecule has 0 radical (unpaired) electrons. The Bertz CT molecular complexity index is 423. The van der Waals surface area contributed by atoms with Gasteiger partial charge in [0, 0.05) is 11.8 Å². The monoisotopic (exact) mass is 296 g/mol. The molecule has 1 aromatic carbocycles. The standard InChI is InChI=1S/C12H12F4O2S/c1-9(17)18-8-7-11(13,14)12(15,16)19-10-5-3-2-4-6-10/h2-6H,7-8H2,1H3. The summed E-state index contributed by atoms with van der Waals surface area (Å²) in [7, 11) is 0. The molecule has 0 bridgehead atoms. The summed E-state index contributed by atoms with van der Waals surface area (Å²) in [5.74, 6) is -5.04. The Balaban J connectivity index is 2.66. The molecule has 0 amide bonds. The molecule has 0 aliphatic carbocycles. The maximum absolute atomic E-state index is 13.5. The number of carbonyl (C=O) groups excluding carboxylic acids is 1. The Morgan fingerprint density at radius 2 is 1.79 bits per heavy atom. The number of thioether (sulfide) groups is 1. The first-order valence-corrected chi connectivity index (χ1v) is 6.19. The molecule has 0 aromatic heterocycles. The number of esters is 1. The third-order valence-electron chi connectivity index (χ3n) is 2.14. The number of halogens is 4. The first-order valence-electron chi connectivity index (χ1n) is 5.38. The van der Waals surface area contributed by atoms with Crippen LogP contribution in [0.1, 0.15) is 13.3 Å². The van der Waals surface area contributed by atoms with Gasteiger partial charge in [-0.2, -0.15) is 17.6 Å². The average molecular weight is 296 g/mol. The Hall–Kier alpha value is -1.24. The van der Waals surface area contributed by atoms with E-state index >= 15 is 0 Å². The topological polar surface area (TPSA) is 26.3 Å². The smallest absolute Gasteiger partial charge is 0.360 e. The van der Waals surface area contributed by atoms with Gasteiger partial charge in [0.15, 0.2) is 0 Å². The lowest BCUT2D eigenvalue weighted by atomic mass is 10.2. The highest BCUT2D eigenvalue weighted by Gasteiger charge is 2.56. The number of ether oxygens (including phenoxy) is 1. The van der Waals surface area contributed by atoms with Gasteiger partial charge in [-0.05, 0) is 23.9 Å². The van der Waals surface area contributed by atoms with Gasteiger partial charge in [0.2, 0.25) is 0 Å². The number of hydrogen-bond donors (Lipinski definition) is 0. The summed E-state index contributed by atoms with van der Waals surface area (Å²) in [4.78, 5) is 10.5. The molecule has 0 spiro atoms. The van der Waals surface area contributed by atoms with Crippen LogP contribution < -0.4 is 0 Å². The Morgan fingerprint density at radius 3 is 2.32 bits per heavy atom. The molecule has 0 saturated carbocycles. The third kappa shape index (κ3) is 4.74. The Morgan fingerprint density at radius 1 is 1.21 bits per heavy atom. The molecule has 0 aliphatic heterocycles. The summed E-state index contributed by atoms with van der Waals surface area (Å²) >= 11 is -0.212. The number of hydrogen-bond acceptors (Lipinski definition) is 3. The fourth-order valence-electron chi connectivity index (χ4n) is 1.18. The molecule has 0 unspecified atom stereocenters. The van der Waals surface area contributed by atoms with E-state index in [1.54, 1.807) is 6.07 Å². The van der Waals surface area contributed by atoms with E-state index in [2.05, 4.69) is 4.74 Å². The van der Waals surface area contributed by atoms with Gasteiger partial charge in [0.25, 0.3) is 0 Å². The van der Waals surface area contributed by atoms with E-state index in [-0.39, 0.29) is 16.7 Å². The lowest BCUT2D eigenvalue weighted by molar-refractivity contribution is -0.167. The van der Waals surface area contributed by atoms with Crippen molar-refractivity contribution in [2.45, 2.75) is 29.4 Å². The predicted molar refractivity (Wildman–Crippen MR) is 63.4 cm³/mol. The Labute approximate surface area is 112 Å². The molecule has 0 aliphatic rings. The zero-order valence-electron chi connectivity index (χ0n) is 10.0. The summed E-state index contributed by atoms with van der Waals surface area (Å²) in [5.41, 5.74) is 0. The normalized spacial score (nSPS) is 12.3. The molecule has 7 heteroatoms. The Kier molecular flexibility index (Phi) is 5.22. The van der Waals surface area contributed by atoms with Gasteiger partial charge >= 0.3 is 17.1 Å². The van der Waals surface area contributed by atoms with E-state index in [4.69, 9.17) is 0 Å². The summed E-state index contributed by atoms with van der Waals surface area (Å²) < 4.78 is 58.0. The summed E-state index contributed by atoms with van der Waals surface area (Å²) in [6.07, 6.45) is -1.22. The zero-order chi connectivity index (χ0) is 14.5. The van der Waals surface area contributed by atoms with E-state index in [0.717, 1.165) is 6.92 Å². The van der Waals surface area contributed by atoms with Crippen LogP contribution in [0.4, 0.5) is 17.6 Å². The van der Waals surface area contributed by atoms with Crippen LogP contribution in [0.25, 0.3) is 0 Å². The zero-order valence-corrected chi connectivity index (χ0v) is 10.9. The van der Waals surface area contributed by atoms with Gasteiger partial charge in [-0.3, -0.25) is 4.79 Å². The molecular weight excluding hydrogens is 284 g/mol. The van der Waals surface area contributed by atoms with Crippen molar-refractivity contribution in [1.29, 1.82) is 0 Å². The van der Waals surface area contributed by atoms with Gasteiger partial charge < -0.3 is 4.74 Å². The van der Waals surface area contributed by atoms with Crippen LogP contribution in [0.2, 0.25) is 0 Å². The lowest BCUT2D eigenvalue weighted by Crippen LogP contribution is -2.38. The lowest BCUT2D eigenvalue weighted by Gasteiger charge is -2.25. The van der Waals surface area contributed by atoms with E-state index in [1.165, 1.54) is 24.3 Å². The van der Waals surface area contributed by atoms with E-state index in [9.17, 15) is 22.4 Å². The van der Waals surface area contributed by atoms with Crippen molar-refractivity contribution in [1.82, 2.24) is 0 Å². The van der Waals surface area contributed by atoms with E-state index in [1.807, 2.05) is 0 Å². The number of benzene rings is 1. The van der Waals surface area contributed by atoms with Crippen LogP contribution in [0, 0.1) is 0 Å². The summed E-state index contributed by atoms with van der Waals surface area (Å²) in [5, 5.41) is -4.27. The van der Waals surface area contributed by atoms with Gasteiger partial charge in [-0.1, -0.05) is 18.2 Å². The maximum Gasteiger partial charge on any atom is 0.360 e. The maximum atomic E-state index is 13.5. The molecule has 0 saturated heterocycles. The molecule has 106 valence electrons. The first kappa shape index (κ1) is 15.8. The second-order valence-electron chi connectivity index (χ2n) is 3.73. The third-order valence-corrected chi connectivity index (χ3v) is 3.20. The van der Waals surface area contributed by atoms with Crippen molar-refractivity contribution >= 4 is 17.7 Å². The minimum atomic E-state index is -4.27. The van der Waals surface area contributed by atoms with Gasteiger partial charge in [0.1, 0.15) is 0 Å². The van der Waals surface area contributed by atoms with Crippen molar-refractivity contribution in [2.24, 2.45) is 0 Å². The first-order chi connectivity index (χ1) is 8.74. The minimum absolute atomic E-state index is 0.0414. The minimum Gasteiger partial charge on any atom is -0.466 e. The SMILES string of the molecule is CC(=O)OCCC(F)(F)C(F)(F)Sc1ccccc1. The van der Waals surface area contributed by atoms with Crippen LogP contribution in [-0.4, -0.2) is 23.8 Å². The van der Waals surface area contributed by atoms with Crippen LogP contribution in [0.15, 0.2) is 35.2 Å². The molecule has 0 N–H and O–H groups in total. The fourth-order valence-corrected chi connectivity index (χ4v) is 2.02. The quantitative estimate of drug-likeness (QED) is 0.451.